The summed E-state index contributed by atoms with van der Waals surface area (Å²) in [7, 11) is 0. The Bertz CT molecular complexity index is 445. The Kier molecular flexibility index (Phi) is 4.91. The number of carbonyl (C=O) groups excluding carboxylic acids is 1. The molecule has 1 aliphatic heterocycles. The van der Waals surface area contributed by atoms with Gasteiger partial charge in [-0.05, 0) is 39.3 Å². The minimum absolute atomic E-state index is 0.196. The van der Waals surface area contributed by atoms with E-state index in [-0.39, 0.29) is 6.09 Å². The monoisotopic (exact) mass is 294 g/mol. The van der Waals surface area contributed by atoms with Gasteiger partial charge < -0.3 is 9.64 Å². The van der Waals surface area contributed by atoms with Crippen LogP contribution < -0.4 is 0 Å². The van der Waals surface area contributed by atoms with E-state index in [1.54, 1.807) is 4.90 Å². The summed E-state index contributed by atoms with van der Waals surface area (Å²) < 4.78 is 5.40. The van der Waals surface area contributed by atoms with E-state index in [2.05, 4.69) is 4.98 Å². The van der Waals surface area contributed by atoms with Crippen molar-refractivity contribution in [1.82, 2.24) is 9.88 Å². The van der Waals surface area contributed by atoms with Crippen molar-refractivity contribution < 1.29 is 9.53 Å². The first-order valence-electron chi connectivity index (χ1n) is 6.93. The molecule has 0 aliphatic carbocycles. The van der Waals surface area contributed by atoms with Crippen molar-refractivity contribution in [2.75, 3.05) is 13.1 Å². The van der Waals surface area contributed by atoms with Gasteiger partial charge in [-0.1, -0.05) is 6.07 Å². The number of carbonyl (C=O) groups is 1. The largest absolute Gasteiger partial charge is 0.444 e. The van der Waals surface area contributed by atoms with Gasteiger partial charge in [-0.3, -0.25) is 4.98 Å². The number of rotatable bonds is 3. The van der Waals surface area contributed by atoms with E-state index in [1.807, 2.05) is 56.9 Å². The molecule has 0 unspecified atom stereocenters. The van der Waals surface area contributed by atoms with Crippen LogP contribution in [-0.4, -0.2) is 39.9 Å². The molecule has 110 valence electrons. The van der Waals surface area contributed by atoms with Crippen LogP contribution in [-0.2, 0) is 10.5 Å². The number of hydrogen-bond acceptors (Lipinski definition) is 4. The Hall–Kier alpha value is -1.23. The minimum Gasteiger partial charge on any atom is -0.444 e. The smallest absolute Gasteiger partial charge is 0.410 e. The predicted molar refractivity (Wildman–Crippen MR) is 81.7 cm³/mol. The Labute approximate surface area is 124 Å². The molecule has 1 atom stereocenters. The maximum atomic E-state index is 12.0. The van der Waals surface area contributed by atoms with Crippen molar-refractivity contribution in [3.05, 3.63) is 30.1 Å². The molecule has 1 aliphatic rings. The van der Waals surface area contributed by atoms with Gasteiger partial charge in [0.05, 0.1) is 5.69 Å². The first kappa shape index (κ1) is 15.2. The lowest BCUT2D eigenvalue weighted by Crippen LogP contribution is -2.35. The van der Waals surface area contributed by atoms with E-state index in [1.165, 1.54) is 0 Å². The third-order valence-electron chi connectivity index (χ3n) is 2.99. The molecule has 1 aromatic rings. The zero-order valence-electron chi connectivity index (χ0n) is 12.3. The standard InChI is InChI=1S/C15H22N2O2S/c1-15(2,3)19-14(18)17-9-7-13(10-17)20-11-12-6-4-5-8-16-12/h4-6,8,13H,7,9-11H2,1-3H3/t13-/m1/s1. The SMILES string of the molecule is CC(C)(C)OC(=O)N1CC[C@@H](SCc2ccccn2)C1. The van der Waals surface area contributed by atoms with Gasteiger partial charge in [0.1, 0.15) is 5.60 Å². The zero-order chi connectivity index (χ0) is 14.6. The van der Waals surface area contributed by atoms with Crippen LogP contribution in [0, 0.1) is 0 Å². The lowest BCUT2D eigenvalue weighted by molar-refractivity contribution is 0.0295. The van der Waals surface area contributed by atoms with Crippen molar-refractivity contribution in [3.8, 4) is 0 Å². The third kappa shape index (κ3) is 4.71. The topological polar surface area (TPSA) is 42.4 Å². The summed E-state index contributed by atoms with van der Waals surface area (Å²) in [5.74, 6) is 0.896. The molecule has 0 aromatic carbocycles. The van der Waals surface area contributed by atoms with E-state index in [4.69, 9.17) is 4.74 Å². The molecule has 2 heterocycles. The second kappa shape index (κ2) is 6.48. The fraction of sp³-hybridized carbons (Fsp3) is 0.600. The summed E-state index contributed by atoms with van der Waals surface area (Å²) in [6, 6.07) is 5.96. The average Bonchev–Trinajstić information content (AvgIpc) is 2.84. The van der Waals surface area contributed by atoms with Gasteiger partial charge in [0.15, 0.2) is 0 Å². The fourth-order valence-electron chi connectivity index (χ4n) is 2.04. The number of aromatic nitrogens is 1. The Balaban J connectivity index is 1.76. The van der Waals surface area contributed by atoms with Crippen molar-refractivity contribution >= 4 is 17.9 Å². The highest BCUT2D eigenvalue weighted by atomic mass is 32.2. The van der Waals surface area contributed by atoms with E-state index in [9.17, 15) is 4.79 Å². The van der Waals surface area contributed by atoms with Gasteiger partial charge in [-0.2, -0.15) is 11.8 Å². The highest BCUT2D eigenvalue weighted by molar-refractivity contribution is 7.99. The van der Waals surface area contributed by atoms with Crippen LogP contribution in [0.2, 0.25) is 0 Å². The van der Waals surface area contributed by atoms with Crippen LogP contribution >= 0.6 is 11.8 Å². The quantitative estimate of drug-likeness (QED) is 0.857. The van der Waals surface area contributed by atoms with Crippen LogP contribution in [0.1, 0.15) is 32.9 Å². The molecule has 2 rings (SSSR count). The molecule has 5 heteroatoms. The summed E-state index contributed by atoms with van der Waals surface area (Å²) in [4.78, 5) is 18.1. The first-order chi connectivity index (χ1) is 9.44. The molecule has 1 amide bonds. The number of thioether (sulfide) groups is 1. The van der Waals surface area contributed by atoms with E-state index >= 15 is 0 Å². The molecule has 0 spiro atoms. The van der Waals surface area contributed by atoms with Gasteiger partial charge in [-0.15, -0.1) is 0 Å². The second-order valence-electron chi connectivity index (χ2n) is 5.97. The van der Waals surface area contributed by atoms with E-state index in [0.717, 1.165) is 31.0 Å². The lowest BCUT2D eigenvalue weighted by atomic mass is 10.2. The Morgan fingerprint density at radius 2 is 2.30 bits per heavy atom. The van der Waals surface area contributed by atoms with Gasteiger partial charge in [0.25, 0.3) is 0 Å². The molecule has 0 saturated carbocycles. The van der Waals surface area contributed by atoms with Crippen LogP contribution in [0.4, 0.5) is 4.79 Å². The number of amides is 1. The molecule has 1 fully saturated rings. The number of hydrogen-bond donors (Lipinski definition) is 0. The molecular formula is C15H22N2O2S. The molecule has 20 heavy (non-hydrogen) atoms. The van der Waals surface area contributed by atoms with E-state index in [0.29, 0.717) is 5.25 Å². The van der Waals surface area contributed by atoms with Crippen molar-refractivity contribution in [2.45, 2.75) is 43.8 Å². The van der Waals surface area contributed by atoms with Crippen molar-refractivity contribution in [2.24, 2.45) is 0 Å². The van der Waals surface area contributed by atoms with Gasteiger partial charge in [0.2, 0.25) is 0 Å². The Morgan fingerprint density at radius 3 is 2.95 bits per heavy atom. The molecule has 1 saturated heterocycles. The highest BCUT2D eigenvalue weighted by Crippen LogP contribution is 2.26. The summed E-state index contributed by atoms with van der Waals surface area (Å²) in [6.45, 7) is 7.25. The summed E-state index contributed by atoms with van der Waals surface area (Å²) in [5, 5.41) is 0.476. The maximum Gasteiger partial charge on any atom is 0.410 e. The molecule has 0 bridgehead atoms. The number of nitrogens with zero attached hydrogens (tertiary/aromatic N) is 2. The molecule has 0 N–H and O–H groups in total. The number of pyridine rings is 1. The normalized spacial score (nSPS) is 19.1. The second-order valence-corrected chi connectivity index (χ2v) is 7.26. The summed E-state index contributed by atoms with van der Waals surface area (Å²) >= 11 is 1.86. The van der Waals surface area contributed by atoms with Crippen LogP contribution in [0.3, 0.4) is 0 Å². The average molecular weight is 294 g/mol. The predicted octanol–water partition coefficient (Wildman–Crippen LogP) is 3.32. The van der Waals surface area contributed by atoms with E-state index < -0.39 is 5.60 Å². The maximum absolute atomic E-state index is 12.0. The van der Waals surface area contributed by atoms with Gasteiger partial charge in [-0.25, -0.2) is 4.79 Å². The molecule has 1 aromatic heterocycles. The minimum atomic E-state index is -0.420. The lowest BCUT2D eigenvalue weighted by Gasteiger charge is -2.24. The number of likely N-dealkylation sites (tertiary alicyclic amines) is 1. The molecule has 0 radical (unpaired) electrons. The molecular weight excluding hydrogens is 272 g/mol. The van der Waals surface area contributed by atoms with Crippen molar-refractivity contribution in [3.63, 3.8) is 0 Å². The van der Waals surface area contributed by atoms with Crippen LogP contribution in [0.5, 0.6) is 0 Å². The zero-order valence-corrected chi connectivity index (χ0v) is 13.2. The highest BCUT2D eigenvalue weighted by Gasteiger charge is 2.29. The van der Waals surface area contributed by atoms with Gasteiger partial charge in [0, 0.05) is 30.3 Å². The summed E-state index contributed by atoms with van der Waals surface area (Å²) in [6.07, 6.45) is 2.65. The number of ether oxygens (including phenoxy) is 1. The van der Waals surface area contributed by atoms with Crippen LogP contribution in [0.25, 0.3) is 0 Å². The summed E-state index contributed by atoms with van der Waals surface area (Å²) in [5.41, 5.74) is 0.671. The Morgan fingerprint density at radius 1 is 1.50 bits per heavy atom. The van der Waals surface area contributed by atoms with Gasteiger partial charge >= 0.3 is 6.09 Å². The third-order valence-corrected chi connectivity index (χ3v) is 4.31. The first-order valence-corrected chi connectivity index (χ1v) is 7.98. The fourth-order valence-corrected chi connectivity index (χ4v) is 3.18. The molecule has 4 nitrogen and oxygen atoms in total. The van der Waals surface area contributed by atoms with Crippen LogP contribution in [0.15, 0.2) is 24.4 Å². The van der Waals surface area contributed by atoms with Crippen molar-refractivity contribution in [1.29, 1.82) is 0 Å².